The van der Waals surface area contributed by atoms with Gasteiger partial charge >= 0.3 is 5.91 Å². The minimum absolute atomic E-state index is 0.0439. The number of rotatable bonds is 4. The zero-order chi connectivity index (χ0) is 24.9. The summed E-state index contributed by atoms with van der Waals surface area (Å²) in [5.41, 5.74) is -0.00267. The number of nitro groups is 1. The van der Waals surface area contributed by atoms with E-state index in [0.29, 0.717) is 10.2 Å². The van der Waals surface area contributed by atoms with Crippen molar-refractivity contribution in [2.45, 2.75) is 6.04 Å². The molecular formula is C24H13F2N3O5S. The van der Waals surface area contributed by atoms with Gasteiger partial charge in [-0.15, -0.1) is 0 Å². The van der Waals surface area contributed by atoms with Gasteiger partial charge in [-0.2, -0.15) is 0 Å². The Bertz CT molecular complexity index is 1570. The molecule has 1 aromatic heterocycles. The molecule has 0 aliphatic carbocycles. The van der Waals surface area contributed by atoms with Gasteiger partial charge < -0.3 is 5.11 Å². The van der Waals surface area contributed by atoms with E-state index in [9.17, 15) is 33.6 Å². The summed E-state index contributed by atoms with van der Waals surface area (Å²) < 4.78 is 27.6. The van der Waals surface area contributed by atoms with Gasteiger partial charge in [-0.1, -0.05) is 23.5 Å². The molecule has 1 aliphatic rings. The monoisotopic (exact) mass is 493 g/mol. The van der Waals surface area contributed by atoms with Gasteiger partial charge in [0.15, 0.2) is 5.13 Å². The number of fused-ring (bicyclic) bond motifs is 1. The van der Waals surface area contributed by atoms with Crippen LogP contribution in [0.5, 0.6) is 0 Å². The van der Waals surface area contributed by atoms with Gasteiger partial charge in [0.05, 0.1) is 26.8 Å². The molecule has 1 aliphatic heterocycles. The number of anilines is 1. The lowest BCUT2D eigenvalue weighted by Crippen LogP contribution is -2.29. The number of aliphatic hydroxyl groups excluding tert-OH is 1. The lowest BCUT2D eigenvalue weighted by molar-refractivity contribution is -0.384. The lowest BCUT2D eigenvalue weighted by atomic mass is 9.95. The van der Waals surface area contributed by atoms with Crippen molar-refractivity contribution in [3.63, 3.8) is 0 Å². The normalized spacial score (nSPS) is 17.3. The number of amides is 1. The Morgan fingerprint density at radius 3 is 2.46 bits per heavy atom. The fourth-order valence-electron chi connectivity index (χ4n) is 3.91. The number of benzene rings is 3. The van der Waals surface area contributed by atoms with Crippen LogP contribution in [0.15, 0.2) is 72.3 Å². The summed E-state index contributed by atoms with van der Waals surface area (Å²) in [6.45, 7) is 0. The van der Waals surface area contributed by atoms with E-state index in [1.165, 1.54) is 54.6 Å². The third-order valence-corrected chi connectivity index (χ3v) is 6.52. The first-order valence-electron chi connectivity index (χ1n) is 10.1. The Labute approximate surface area is 199 Å². The van der Waals surface area contributed by atoms with E-state index in [0.717, 1.165) is 28.4 Å². The second kappa shape index (κ2) is 8.37. The van der Waals surface area contributed by atoms with E-state index in [1.54, 1.807) is 0 Å². The number of hydrogen-bond donors (Lipinski definition) is 1. The summed E-state index contributed by atoms with van der Waals surface area (Å²) in [6, 6.07) is 12.5. The molecule has 0 bridgehead atoms. The summed E-state index contributed by atoms with van der Waals surface area (Å²) in [5, 5.41) is 22.4. The standard InChI is InChI=1S/C24H13F2N3O5S/c25-14-6-4-12(5-7-14)21(30)19-20(13-2-1-3-16(10-13)29(33)34)28(23(32)22(19)31)24-27-17-9-8-15(26)11-18(17)35-24/h1-11,20,30H/t20-/m0/s1. The van der Waals surface area contributed by atoms with Crippen LogP contribution < -0.4 is 4.90 Å². The van der Waals surface area contributed by atoms with Crippen molar-refractivity contribution < 1.29 is 28.4 Å². The number of nitrogens with zero attached hydrogens (tertiary/aromatic N) is 3. The number of hydrogen-bond acceptors (Lipinski definition) is 7. The van der Waals surface area contributed by atoms with Gasteiger partial charge in [0.2, 0.25) is 0 Å². The molecule has 1 fully saturated rings. The van der Waals surface area contributed by atoms with E-state index >= 15 is 0 Å². The van der Waals surface area contributed by atoms with Crippen molar-refractivity contribution in [2.75, 3.05) is 4.90 Å². The van der Waals surface area contributed by atoms with Crippen molar-refractivity contribution in [1.82, 2.24) is 4.98 Å². The first-order chi connectivity index (χ1) is 16.7. The van der Waals surface area contributed by atoms with Gasteiger partial charge in [0.1, 0.15) is 17.4 Å². The maximum absolute atomic E-state index is 13.7. The Morgan fingerprint density at radius 2 is 1.74 bits per heavy atom. The molecule has 0 spiro atoms. The highest BCUT2D eigenvalue weighted by molar-refractivity contribution is 7.22. The third kappa shape index (κ3) is 3.81. The van der Waals surface area contributed by atoms with E-state index in [4.69, 9.17) is 0 Å². The quantitative estimate of drug-likeness (QED) is 0.139. The summed E-state index contributed by atoms with van der Waals surface area (Å²) in [5.74, 6) is -3.73. The summed E-state index contributed by atoms with van der Waals surface area (Å²) in [6.07, 6.45) is 0. The Kier molecular flexibility index (Phi) is 5.33. The van der Waals surface area contributed by atoms with E-state index in [1.807, 2.05) is 0 Å². The molecule has 1 atom stereocenters. The summed E-state index contributed by atoms with van der Waals surface area (Å²) in [7, 11) is 0. The highest BCUT2D eigenvalue weighted by Crippen LogP contribution is 2.44. The number of carbonyl (C=O) groups excluding carboxylic acids is 2. The van der Waals surface area contributed by atoms with Gasteiger partial charge in [-0.25, -0.2) is 13.8 Å². The largest absolute Gasteiger partial charge is 0.507 e. The zero-order valence-electron chi connectivity index (χ0n) is 17.5. The van der Waals surface area contributed by atoms with E-state index < -0.39 is 40.0 Å². The second-order valence-corrected chi connectivity index (χ2v) is 8.65. The van der Waals surface area contributed by atoms with Crippen LogP contribution in [-0.2, 0) is 9.59 Å². The average molecular weight is 493 g/mol. The van der Waals surface area contributed by atoms with Crippen LogP contribution in [-0.4, -0.2) is 26.7 Å². The van der Waals surface area contributed by atoms with Crippen molar-refractivity contribution in [3.05, 3.63) is 105 Å². The van der Waals surface area contributed by atoms with Crippen molar-refractivity contribution in [1.29, 1.82) is 0 Å². The van der Waals surface area contributed by atoms with Crippen molar-refractivity contribution in [3.8, 4) is 0 Å². The minimum atomic E-state index is -1.27. The molecule has 4 aromatic rings. The number of aromatic nitrogens is 1. The van der Waals surface area contributed by atoms with Crippen molar-refractivity contribution in [2.24, 2.45) is 0 Å². The molecule has 11 heteroatoms. The summed E-state index contributed by atoms with van der Waals surface area (Å²) in [4.78, 5) is 42.5. The van der Waals surface area contributed by atoms with Crippen LogP contribution in [0, 0.1) is 21.7 Å². The van der Waals surface area contributed by atoms with Crippen LogP contribution in [0.25, 0.3) is 16.0 Å². The number of Topliss-reactive ketones (excluding diaryl/α,β-unsaturated/α-hetero) is 1. The molecule has 35 heavy (non-hydrogen) atoms. The van der Waals surface area contributed by atoms with Crippen LogP contribution in [0.4, 0.5) is 19.6 Å². The smallest absolute Gasteiger partial charge is 0.301 e. The first kappa shape index (κ1) is 22.3. The highest BCUT2D eigenvalue weighted by atomic mass is 32.1. The molecule has 1 saturated heterocycles. The molecule has 8 nitrogen and oxygen atoms in total. The van der Waals surface area contributed by atoms with Crippen LogP contribution >= 0.6 is 11.3 Å². The van der Waals surface area contributed by atoms with Crippen LogP contribution in [0.2, 0.25) is 0 Å². The SMILES string of the molecule is O=C1C(=O)N(c2nc3ccc(F)cc3s2)[C@@H](c2cccc([N+](=O)[O-])c2)C1=C(O)c1ccc(F)cc1. The van der Waals surface area contributed by atoms with Crippen LogP contribution in [0.1, 0.15) is 17.2 Å². The van der Waals surface area contributed by atoms with E-state index in [2.05, 4.69) is 4.98 Å². The Hall–Kier alpha value is -4.51. The first-order valence-corrected chi connectivity index (χ1v) is 10.9. The maximum Gasteiger partial charge on any atom is 0.301 e. The predicted octanol–water partition coefficient (Wildman–Crippen LogP) is 5.11. The topological polar surface area (TPSA) is 114 Å². The number of halogens is 2. The molecule has 1 amide bonds. The summed E-state index contributed by atoms with van der Waals surface area (Å²) >= 11 is 0.949. The molecule has 2 heterocycles. The molecular weight excluding hydrogens is 480 g/mol. The Morgan fingerprint density at radius 1 is 1.03 bits per heavy atom. The molecule has 0 radical (unpaired) electrons. The highest BCUT2D eigenvalue weighted by Gasteiger charge is 2.48. The molecule has 3 aromatic carbocycles. The predicted molar refractivity (Wildman–Crippen MR) is 124 cm³/mol. The van der Waals surface area contributed by atoms with Gasteiger partial charge in [0, 0.05) is 17.7 Å². The number of nitro benzene ring substituents is 1. The number of ketones is 1. The molecule has 0 saturated carbocycles. The fraction of sp³-hybridized carbons (Fsp3) is 0.0417. The Balaban J connectivity index is 1.75. The third-order valence-electron chi connectivity index (χ3n) is 5.50. The minimum Gasteiger partial charge on any atom is -0.507 e. The van der Waals surface area contributed by atoms with Crippen LogP contribution in [0.3, 0.4) is 0 Å². The molecule has 1 N–H and O–H groups in total. The maximum atomic E-state index is 13.7. The molecule has 5 rings (SSSR count). The number of thiazole rings is 1. The average Bonchev–Trinajstić information content (AvgIpc) is 3.37. The second-order valence-electron chi connectivity index (χ2n) is 7.64. The van der Waals surface area contributed by atoms with Gasteiger partial charge in [-0.3, -0.25) is 24.6 Å². The molecule has 0 unspecified atom stereocenters. The number of non-ortho nitro benzene ring substituents is 1. The lowest BCUT2D eigenvalue weighted by Gasteiger charge is -2.22. The molecule has 174 valence electrons. The van der Waals surface area contributed by atoms with E-state index in [-0.39, 0.29) is 27.5 Å². The van der Waals surface area contributed by atoms with Gasteiger partial charge in [0.25, 0.3) is 11.5 Å². The number of aliphatic hydroxyl groups is 1. The fourth-order valence-corrected chi connectivity index (χ4v) is 4.92. The van der Waals surface area contributed by atoms with Crippen molar-refractivity contribution >= 4 is 49.8 Å². The number of carbonyl (C=O) groups is 2. The van der Waals surface area contributed by atoms with Gasteiger partial charge in [-0.05, 0) is 48.0 Å². The zero-order valence-corrected chi connectivity index (χ0v) is 18.3.